The molecule has 9 heteroatoms. The molecular weight excluding hydrogens is 393 g/mol. The highest BCUT2D eigenvalue weighted by atomic mass is 19.4. The van der Waals surface area contributed by atoms with Gasteiger partial charge >= 0.3 is 6.18 Å². The van der Waals surface area contributed by atoms with Crippen molar-refractivity contribution in [2.24, 2.45) is 0 Å². The van der Waals surface area contributed by atoms with Crippen LogP contribution in [0, 0.1) is 11.6 Å². The number of carbonyl (C=O) groups is 1. The first-order valence-corrected chi connectivity index (χ1v) is 9.18. The van der Waals surface area contributed by atoms with E-state index in [-0.39, 0.29) is 0 Å². The third-order valence-corrected chi connectivity index (χ3v) is 5.16. The molecule has 0 unspecified atom stereocenters. The van der Waals surface area contributed by atoms with E-state index in [2.05, 4.69) is 5.32 Å². The van der Waals surface area contributed by atoms with Crippen LogP contribution in [0.2, 0.25) is 0 Å². The van der Waals surface area contributed by atoms with Crippen molar-refractivity contribution in [3.05, 3.63) is 59.7 Å². The van der Waals surface area contributed by atoms with Crippen molar-refractivity contribution in [1.82, 2.24) is 0 Å². The molecule has 0 bridgehead atoms. The quantitative estimate of drug-likeness (QED) is 0.755. The summed E-state index contributed by atoms with van der Waals surface area (Å²) in [5, 5.41) is 2.29. The molecule has 1 atom stereocenters. The highest BCUT2D eigenvalue weighted by molar-refractivity contribution is 5.93. The summed E-state index contributed by atoms with van der Waals surface area (Å²) in [6.07, 6.45) is -4.41. The second-order valence-corrected chi connectivity index (χ2v) is 7.00. The molecule has 1 heterocycles. The van der Waals surface area contributed by atoms with Gasteiger partial charge in [0.2, 0.25) is 0 Å². The Hall–Kier alpha value is -2.68. The SMILES string of the molecule is C[C@@H](C(=O)Nc1c(F)cccc1F)[NH+]1CCN(c2cccc(C(F)(F)F)c2)CC1. The van der Waals surface area contributed by atoms with Gasteiger partial charge in [0.15, 0.2) is 6.04 Å². The number of anilines is 2. The summed E-state index contributed by atoms with van der Waals surface area (Å²) in [6.45, 7) is 3.59. The summed E-state index contributed by atoms with van der Waals surface area (Å²) >= 11 is 0. The second-order valence-electron chi connectivity index (χ2n) is 7.00. The number of hydrogen-bond acceptors (Lipinski definition) is 2. The number of benzene rings is 2. The summed E-state index contributed by atoms with van der Waals surface area (Å²) in [7, 11) is 0. The van der Waals surface area contributed by atoms with Crippen LogP contribution in [-0.2, 0) is 11.0 Å². The lowest BCUT2D eigenvalue weighted by molar-refractivity contribution is -0.914. The minimum Gasteiger partial charge on any atom is -0.360 e. The van der Waals surface area contributed by atoms with Gasteiger partial charge in [0.05, 0.1) is 31.7 Å². The molecule has 1 aliphatic heterocycles. The molecule has 1 saturated heterocycles. The van der Waals surface area contributed by atoms with E-state index in [0.717, 1.165) is 29.2 Å². The summed E-state index contributed by atoms with van der Waals surface area (Å²) in [6, 6.07) is 7.89. The Labute approximate surface area is 164 Å². The number of piperazine rings is 1. The first-order valence-electron chi connectivity index (χ1n) is 9.18. The molecule has 2 aromatic rings. The van der Waals surface area contributed by atoms with E-state index in [1.165, 1.54) is 12.1 Å². The fourth-order valence-electron chi connectivity index (χ4n) is 3.40. The van der Waals surface area contributed by atoms with Gasteiger partial charge in [-0.15, -0.1) is 0 Å². The molecule has 1 aliphatic rings. The van der Waals surface area contributed by atoms with E-state index >= 15 is 0 Å². The second kappa shape index (κ2) is 8.36. The number of alkyl halides is 3. The van der Waals surface area contributed by atoms with Gasteiger partial charge in [0.1, 0.15) is 17.3 Å². The largest absolute Gasteiger partial charge is 0.416 e. The number of hydrogen-bond donors (Lipinski definition) is 2. The molecule has 1 amide bonds. The lowest BCUT2D eigenvalue weighted by Crippen LogP contribution is -3.19. The average molecular weight is 414 g/mol. The Morgan fingerprint density at radius 3 is 2.24 bits per heavy atom. The van der Waals surface area contributed by atoms with Crippen LogP contribution >= 0.6 is 0 Å². The number of halogens is 5. The number of quaternary nitrogens is 1. The predicted octanol–water partition coefficient (Wildman–Crippen LogP) is 2.72. The van der Waals surface area contributed by atoms with Gasteiger partial charge in [-0.05, 0) is 37.3 Å². The Morgan fingerprint density at radius 2 is 1.66 bits per heavy atom. The molecule has 29 heavy (non-hydrogen) atoms. The van der Waals surface area contributed by atoms with Crippen LogP contribution in [0.1, 0.15) is 12.5 Å². The molecule has 3 rings (SSSR count). The van der Waals surface area contributed by atoms with Gasteiger partial charge in [-0.2, -0.15) is 13.2 Å². The Balaban J connectivity index is 1.61. The van der Waals surface area contributed by atoms with Gasteiger partial charge in [-0.1, -0.05) is 12.1 Å². The zero-order valence-corrected chi connectivity index (χ0v) is 15.7. The number of amides is 1. The number of rotatable bonds is 4. The van der Waals surface area contributed by atoms with Crippen molar-refractivity contribution in [3.63, 3.8) is 0 Å². The summed E-state index contributed by atoms with van der Waals surface area (Å²) < 4.78 is 66.2. The van der Waals surface area contributed by atoms with Crippen LogP contribution in [0.25, 0.3) is 0 Å². The Kier molecular flexibility index (Phi) is 6.07. The molecule has 2 N–H and O–H groups in total. The highest BCUT2D eigenvalue weighted by Crippen LogP contribution is 2.31. The van der Waals surface area contributed by atoms with Crippen LogP contribution in [0.15, 0.2) is 42.5 Å². The maximum atomic E-state index is 13.7. The maximum absolute atomic E-state index is 13.7. The number of nitrogens with one attached hydrogen (secondary N) is 2. The van der Waals surface area contributed by atoms with Crippen molar-refractivity contribution in [2.75, 3.05) is 36.4 Å². The zero-order chi connectivity index (χ0) is 21.2. The average Bonchev–Trinajstić information content (AvgIpc) is 2.70. The molecule has 0 aromatic heterocycles. The van der Waals surface area contributed by atoms with Crippen molar-refractivity contribution in [3.8, 4) is 0 Å². The monoisotopic (exact) mass is 414 g/mol. The third kappa shape index (κ3) is 4.84. The first-order chi connectivity index (χ1) is 13.7. The summed E-state index contributed by atoms with van der Waals surface area (Å²) in [5.74, 6) is -2.22. The van der Waals surface area contributed by atoms with Crippen LogP contribution in [0.5, 0.6) is 0 Å². The summed E-state index contributed by atoms with van der Waals surface area (Å²) in [4.78, 5) is 15.1. The molecule has 0 saturated carbocycles. The number of para-hydroxylation sites is 1. The van der Waals surface area contributed by atoms with E-state index in [1.807, 2.05) is 4.90 Å². The molecule has 0 radical (unpaired) electrons. The van der Waals surface area contributed by atoms with Crippen molar-refractivity contribution in [2.45, 2.75) is 19.1 Å². The predicted molar refractivity (Wildman–Crippen MR) is 98.8 cm³/mol. The minimum atomic E-state index is -4.41. The van der Waals surface area contributed by atoms with Gasteiger partial charge in [0.25, 0.3) is 5.91 Å². The van der Waals surface area contributed by atoms with Crippen molar-refractivity contribution >= 4 is 17.3 Å². The molecule has 4 nitrogen and oxygen atoms in total. The molecule has 0 aliphatic carbocycles. The lowest BCUT2D eigenvalue weighted by Gasteiger charge is -2.36. The van der Waals surface area contributed by atoms with Gasteiger partial charge in [0, 0.05) is 5.69 Å². The molecule has 1 fully saturated rings. The van der Waals surface area contributed by atoms with E-state index in [1.54, 1.807) is 13.0 Å². The molecular formula is C20H21F5N3O+. The Bertz CT molecular complexity index is 858. The highest BCUT2D eigenvalue weighted by Gasteiger charge is 2.33. The fraction of sp³-hybridized carbons (Fsp3) is 0.350. The first kappa shape index (κ1) is 21.0. The maximum Gasteiger partial charge on any atom is 0.416 e. The molecule has 0 spiro atoms. The van der Waals surface area contributed by atoms with E-state index in [0.29, 0.717) is 31.9 Å². The normalized spacial score (nSPS) is 16.6. The van der Waals surface area contributed by atoms with Gasteiger partial charge < -0.3 is 15.1 Å². The van der Waals surface area contributed by atoms with Gasteiger partial charge in [-0.25, -0.2) is 8.78 Å². The topological polar surface area (TPSA) is 36.8 Å². The molecule has 156 valence electrons. The van der Waals surface area contributed by atoms with Gasteiger partial charge in [-0.3, -0.25) is 4.79 Å². The summed E-state index contributed by atoms with van der Waals surface area (Å²) in [5.41, 5.74) is -0.708. The smallest absolute Gasteiger partial charge is 0.360 e. The van der Waals surface area contributed by atoms with Crippen molar-refractivity contribution in [1.29, 1.82) is 0 Å². The molecule has 2 aromatic carbocycles. The number of carbonyl (C=O) groups excluding carboxylic acids is 1. The zero-order valence-electron chi connectivity index (χ0n) is 15.7. The minimum absolute atomic E-state index is 0.461. The van der Waals surface area contributed by atoms with Crippen LogP contribution < -0.4 is 15.1 Å². The van der Waals surface area contributed by atoms with Crippen molar-refractivity contribution < 1.29 is 31.6 Å². The Morgan fingerprint density at radius 1 is 1.07 bits per heavy atom. The number of nitrogens with zero attached hydrogens (tertiary/aromatic N) is 1. The standard InChI is InChI=1S/C20H20F5N3O/c1-13(19(29)26-18-16(21)6-3-7-17(18)22)27-8-10-28(11-9-27)15-5-2-4-14(12-15)20(23,24)25/h2-7,12-13H,8-11H2,1H3,(H,26,29)/p+1/t13-/m0/s1. The van der Waals surface area contributed by atoms with E-state index in [4.69, 9.17) is 0 Å². The lowest BCUT2D eigenvalue weighted by atomic mass is 10.1. The van der Waals surface area contributed by atoms with E-state index < -0.39 is 41.0 Å². The fourth-order valence-corrected chi connectivity index (χ4v) is 3.40. The van der Waals surface area contributed by atoms with E-state index in [9.17, 15) is 26.7 Å². The van der Waals surface area contributed by atoms with Crippen LogP contribution in [0.3, 0.4) is 0 Å². The van der Waals surface area contributed by atoms with Crippen LogP contribution in [-0.4, -0.2) is 38.1 Å². The van der Waals surface area contributed by atoms with Crippen LogP contribution in [0.4, 0.5) is 33.3 Å². The third-order valence-electron chi connectivity index (χ3n) is 5.16.